The third kappa shape index (κ3) is 3.67. The molecule has 0 aliphatic carbocycles. The zero-order valence-corrected chi connectivity index (χ0v) is 14.3. The number of nitrogens with one attached hydrogen (secondary N) is 1. The Bertz CT molecular complexity index is 645. The van der Waals surface area contributed by atoms with Crippen LogP contribution in [0.15, 0.2) is 29.7 Å². The first-order valence-electron chi connectivity index (χ1n) is 8.98. The zero-order valence-electron chi connectivity index (χ0n) is 14.3. The summed E-state index contributed by atoms with van der Waals surface area (Å²) >= 11 is 0. The van der Waals surface area contributed by atoms with Crippen molar-refractivity contribution in [3.63, 3.8) is 0 Å². The minimum absolute atomic E-state index is 0.148. The summed E-state index contributed by atoms with van der Waals surface area (Å²) in [6, 6.07) is 4.36. The number of nitrogens with zero attached hydrogens (tertiary/aromatic N) is 3. The highest BCUT2D eigenvalue weighted by Gasteiger charge is 2.48. The molecule has 3 aliphatic rings. The fourth-order valence-corrected chi connectivity index (χ4v) is 3.89. The SMILES string of the molecule is O=C(NCc1cccnc1)C1=NOC2(CCN(C3CCOCC3)C2)C1. The monoisotopic (exact) mass is 344 g/mol. The van der Waals surface area contributed by atoms with E-state index in [-0.39, 0.29) is 11.5 Å². The van der Waals surface area contributed by atoms with Crippen molar-refractivity contribution in [3.8, 4) is 0 Å². The molecule has 1 spiro atoms. The van der Waals surface area contributed by atoms with E-state index in [2.05, 4.69) is 20.4 Å². The summed E-state index contributed by atoms with van der Waals surface area (Å²) in [5.41, 5.74) is 1.15. The number of carbonyl (C=O) groups is 1. The molecule has 7 nitrogen and oxygen atoms in total. The van der Waals surface area contributed by atoms with Gasteiger partial charge in [-0.3, -0.25) is 14.7 Å². The maximum atomic E-state index is 12.4. The molecular formula is C18H24N4O3. The molecule has 1 aromatic rings. The van der Waals surface area contributed by atoms with Crippen molar-refractivity contribution >= 4 is 11.6 Å². The van der Waals surface area contributed by atoms with Crippen LogP contribution in [0.4, 0.5) is 0 Å². The first-order valence-corrected chi connectivity index (χ1v) is 8.98. The molecule has 1 unspecified atom stereocenters. The van der Waals surface area contributed by atoms with Gasteiger partial charge in [0.15, 0.2) is 5.60 Å². The Morgan fingerprint density at radius 2 is 2.28 bits per heavy atom. The molecule has 1 aromatic heterocycles. The minimum atomic E-state index is -0.320. The zero-order chi connectivity index (χ0) is 17.1. The quantitative estimate of drug-likeness (QED) is 0.885. The molecule has 134 valence electrons. The Hall–Kier alpha value is -1.99. The number of carbonyl (C=O) groups excluding carboxylic acids is 1. The van der Waals surface area contributed by atoms with Crippen molar-refractivity contribution in [1.29, 1.82) is 0 Å². The number of hydrogen-bond acceptors (Lipinski definition) is 6. The number of hydrogen-bond donors (Lipinski definition) is 1. The molecule has 2 saturated heterocycles. The maximum Gasteiger partial charge on any atom is 0.269 e. The van der Waals surface area contributed by atoms with E-state index in [1.165, 1.54) is 0 Å². The average molecular weight is 344 g/mol. The lowest BCUT2D eigenvalue weighted by Crippen LogP contribution is -2.42. The van der Waals surface area contributed by atoms with E-state index in [0.29, 0.717) is 24.7 Å². The van der Waals surface area contributed by atoms with Crippen LogP contribution in [0.25, 0.3) is 0 Å². The summed E-state index contributed by atoms with van der Waals surface area (Å²) in [5.74, 6) is -0.148. The molecular weight excluding hydrogens is 320 g/mol. The molecule has 7 heteroatoms. The first kappa shape index (κ1) is 16.5. The summed E-state index contributed by atoms with van der Waals surface area (Å²) in [7, 11) is 0. The highest BCUT2D eigenvalue weighted by atomic mass is 16.7. The molecule has 0 aromatic carbocycles. The lowest BCUT2D eigenvalue weighted by molar-refractivity contribution is -0.115. The Morgan fingerprint density at radius 3 is 3.08 bits per heavy atom. The van der Waals surface area contributed by atoms with Crippen molar-refractivity contribution in [2.45, 2.75) is 43.9 Å². The van der Waals surface area contributed by atoms with Gasteiger partial charge in [0.05, 0.1) is 0 Å². The van der Waals surface area contributed by atoms with E-state index in [1.54, 1.807) is 12.4 Å². The third-order valence-corrected chi connectivity index (χ3v) is 5.33. The Balaban J connectivity index is 1.29. The highest BCUT2D eigenvalue weighted by Crippen LogP contribution is 2.36. The number of oxime groups is 1. The summed E-state index contributed by atoms with van der Waals surface area (Å²) in [5, 5.41) is 7.00. The van der Waals surface area contributed by atoms with Gasteiger partial charge in [-0.05, 0) is 24.5 Å². The van der Waals surface area contributed by atoms with E-state index in [0.717, 1.165) is 51.1 Å². The van der Waals surface area contributed by atoms with E-state index in [1.807, 2.05) is 12.1 Å². The Labute approximate surface area is 147 Å². The van der Waals surface area contributed by atoms with E-state index in [9.17, 15) is 4.79 Å². The van der Waals surface area contributed by atoms with Crippen molar-refractivity contribution in [2.24, 2.45) is 5.16 Å². The second-order valence-electron chi connectivity index (χ2n) is 7.10. The van der Waals surface area contributed by atoms with Gasteiger partial charge in [-0.25, -0.2) is 0 Å². The van der Waals surface area contributed by atoms with Crippen LogP contribution in [0.2, 0.25) is 0 Å². The van der Waals surface area contributed by atoms with Gasteiger partial charge in [-0.2, -0.15) is 0 Å². The lowest BCUT2D eigenvalue weighted by Gasteiger charge is -2.31. The number of likely N-dealkylation sites (tertiary alicyclic amines) is 1. The number of ether oxygens (including phenoxy) is 1. The fourth-order valence-electron chi connectivity index (χ4n) is 3.89. The predicted molar refractivity (Wildman–Crippen MR) is 92.0 cm³/mol. The molecule has 1 atom stereocenters. The van der Waals surface area contributed by atoms with E-state index < -0.39 is 0 Å². The van der Waals surface area contributed by atoms with Gasteiger partial charge < -0.3 is 14.9 Å². The van der Waals surface area contributed by atoms with Gasteiger partial charge in [0, 0.05) is 64.1 Å². The van der Waals surface area contributed by atoms with Crippen LogP contribution in [0.5, 0.6) is 0 Å². The Morgan fingerprint density at radius 1 is 1.40 bits per heavy atom. The highest BCUT2D eigenvalue weighted by molar-refractivity contribution is 6.39. The minimum Gasteiger partial charge on any atom is -0.387 e. The second kappa shape index (κ2) is 7.09. The third-order valence-electron chi connectivity index (χ3n) is 5.33. The first-order chi connectivity index (χ1) is 12.2. The van der Waals surface area contributed by atoms with Crippen molar-refractivity contribution < 1.29 is 14.4 Å². The molecule has 1 N–H and O–H groups in total. The van der Waals surface area contributed by atoms with Gasteiger partial charge in [0.1, 0.15) is 5.71 Å². The van der Waals surface area contributed by atoms with Gasteiger partial charge in [-0.15, -0.1) is 0 Å². The average Bonchev–Trinajstić information content (AvgIpc) is 3.29. The maximum absolute atomic E-state index is 12.4. The van der Waals surface area contributed by atoms with E-state index in [4.69, 9.17) is 9.57 Å². The van der Waals surface area contributed by atoms with Crippen LogP contribution in [0.1, 0.15) is 31.2 Å². The Kier molecular flexibility index (Phi) is 4.67. The van der Waals surface area contributed by atoms with Crippen LogP contribution < -0.4 is 5.32 Å². The topological polar surface area (TPSA) is 76.0 Å². The standard InChI is InChI=1S/C18H24N4O3/c23-17(20-12-14-2-1-6-19-11-14)16-10-18(25-21-16)5-7-22(13-18)15-3-8-24-9-4-15/h1-2,6,11,15H,3-5,7-10,12-13H2,(H,20,23). The molecule has 0 saturated carbocycles. The summed E-state index contributed by atoms with van der Waals surface area (Å²) in [6.07, 6.45) is 7.13. The summed E-state index contributed by atoms with van der Waals surface area (Å²) in [6.45, 7) is 3.99. The second-order valence-corrected chi connectivity index (χ2v) is 7.10. The number of rotatable bonds is 4. The number of amides is 1. The lowest BCUT2D eigenvalue weighted by atomic mass is 9.96. The molecule has 1 amide bonds. The van der Waals surface area contributed by atoms with Gasteiger partial charge in [0.2, 0.25) is 0 Å². The molecule has 0 bridgehead atoms. The van der Waals surface area contributed by atoms with Gasteiger partial charge in [-0.1, -0.05) is 11.2 Å². The molecule has 4 rings (SSSR count). The summed E-state index contributed by atoms with van der Waals surface area (Å²) in [4.78, 5) is 24.7. The van der Waals surface area contributed by atoms with Gasteiger partial charge in [0.25, 0.3) is 5.91 Å². The van der Waals surface area contributed by atoms with Crippen molar-refractivity contribution in [2.75, 3.05) is 26.3 Å². The van der Waals surface area contributed by atoms with Crippen LogP contribution in [-0.2, 0) is 20.9 Å². The molecule has 25 heavy (non-hydrogen) atoms. The van der Waals surface area contributed by atoms with Crippen LogP contribution in [0.3, 0.4) is 0 Å². The number of aromatic nitrogens is 1. The van der Waals surface area contributed by atoms with Crippen molar-refractivity contribution in [1.82, 2.24) is 15.2 Å². The van der Waals surface area contributed by atoms with Gasteiger partial charge >= 0.3 is 0 Å². The predicted octanol–water partition coefficient (Wildman–Crippen LogP) is 1.10. The summed E-state index contributed by atoms with van der Waals surface area (Å²) < 4.78 is 5.45. The van der Waals surface area contributed by atoms with Crippen LogP contribution >= 0.6 is 0 Å². The molecule has 0 radical (unpaired) electrons. The molecule has 3 aliphatic heterocycles. The molecule has 2 fully saturated rings. The smallest absolute Gasteiger partial charge is 0.269 e. The number of pyridine rings is 1. The van der Waals surface area contributed by atoms with Crippen molar-refractivity contribution in [3.05, 3.63) is 30.1 Å². The molecule has 4 heterocycles. The van der Waals surface area contributed by atoms with Crippen LogP contribution in [0, 0.1) is 0 Å². The van der Waals surface area contributed by atoms with E-state index >= 15 is 0 Å². The normalized spacial score (nSPS) is 27.3. The largest absolute Gasteiger partial charge is 0.387 e. The fraction of sp³-hybridized carbons (Fsp3) is 0.611. The van der Waals surface area contributed by atoms with Crippen LogP contribution in [-0.4, -0.2) is 59.4 Å².